The summed E-state index contributed by atoms with van der Waals surface area (Å²) in [6.07, 6.45) is 6.94. The van der Waals surface area contributed by atoms with Gasteiger partial charge in [-0.25, -0.2) is 21.6 Å². The maximum absolute atomic E-state index is 13.5. The van der Waals surface area contributed by atoms with E-state index >= 15 is 0 Å². The van der Waals surface area contributed by atoms with Crippen molar-refractivity contribution in [1.82, 2.24) is 0 Å². The Bertz CT molecular complexity index is 1250. The summed E-state index contributed by atoms with van der Waals surface area (Å²) in [4.78, 5) is 12.4. The highest BCUT2D eigenvalue weighted by Gasteiger charge is 2.54. The Morgan fingerprint density at radius 3 is 2.24 bits per heavy atom. The van der Waals surface area contributed by atoms with E-state index in [-0.39, 0.29) is 45.8 Å². The number of fused-ring (bicyclic) bond motifs is 2. The quantitative estimate of drug-likeness (QED) is 0.486. The van der Waals surface area contributed by atoms with Crippen LogP contribution in [0.1, 0.15) is 36.0 Å². The van der Waals surface area contributed by atoms with Gasteiger partial charge in [0.15, 0.2) is 27.3 Å². The van der Waals surface area contributed by atoms with Gasteiger partial charge in [0.05, 0.1) is 15.2 Å². The fourth-order valence-electron chi connectivity index (χ4n) is 4.99. The van der Waals surface area contributed by atoms with Gasteiger partial charge in [0.1, 0.15) is 5.60 Å². The number of aliphatic hydroxyl groups is 1. The number of rotatable bonds is 4. The minimum atomic E-state index is -4.00. The number of halogens is 4. The Morgan fingerprint density at radius 2 is 1.70 bits per heavy atom. The molecule has 1 amide bonds. The van der Waals surface area contributed by atoms with E-state index < -0.39 is 44.0 Å². The fourth-order valence-corrected chi connectivity index (χ4v) is 7.84. The van der Waals surface area contributed by atoms with E-state index in [4.69, 9.17) is 18.0 Å². The summed E-state index contributed by atoms with van der Waals surface area (Å²) in [7, 11) is -4.00. The van der Waals surface area contributed by atoms with Crippen molar-refractivity contribution in [3.05, 3.63) is 58.4 Å². The van der Waals surface area contributed by atoms with Crippen molar-refractivity contribution in [2.75, 3.05) is 5.32 Å². The predicted molar refractivity (Wildman–Crippen MR) is 116 cm³/mol. The lowest BCUT2D eigenvalue weighted by Crippen LogP contribution is -2.45. The van der Waals surface area contributed by atoms with E-state index in [1.54, 1.807) is 0 Å². The minimum Gasteiger partial charge on any atom is -0.378 e. The zero-order valence-electron chi connectivity index (χ0n) is 17.1. The van der Waals surface area contributed by atoms with Crippen LogP contribution in [0.5, 0.6) is 0 Å². The molecule has 4 rings (SSSR count). The van der Waals surface area contributed by atoms with Crippen molar-refractivity contribution >= 4 is 33.0 Å². The van der Waals surface area contributed by atoms with E-state index in [1.807, 2.05) is 0 Å². The number of anilines is 1. The van der Waals surface area contributed by atoms with Crippen molar-refractivity contribution < 1.29 is 31.5 Å². The molecular weight excluding hydrogens is 479 g/mol. The number of terminal acetylenes is 1. The Labute approximate surface area is 193 Å². The fraction of sp³-hybridized carbons (Fsp3) is 0.348. The molecule has 0 aliphatic heterocycles. The second kappa shape index (κ2) is 8.35. The first-order valence-corrected chi connectivity index (χ1v) is 12.1. The van der Waals surface area contributed by atoms with Crippen LogP contribution in [-0.4, -0.2) is 30.3 Å². The first-order chi connectivity index (χ1) is 15.4. The maximum atomic E-state index is 13.5. The van der Waals surface area contributed by atoms with Crippen LogP contribution in [0.2, 0.25) is 5.02 Å². The molecule has 2 aliphatic rings. The van der Waals surface area contributed by atoms with Crippen LogP contribution in [0.3, 0.4) is 0 Å². The number of sulfone groups is 1. The topological polar surface area (TPSA) is 83.5 Å². The van der Waals surface area contributed by atoms with E-state index in [0.717, 1.165) is 6.07 Å². The Morgan fingerprint density at radius 1 is 1.12 bits per heavy atom. The average molecular weight is 498 g/mol. The van der Waals surface area contributed by atoms with Crippen molar-refractivity contribution in [3.63, 3.8) is 0 Å². The van der Waals surface area contributed by atoms with Crippen LogP contribution < -0.4 is 5.32 Å². The van der Waals surface area contributed by atoms with Crippen LogP contribution in [0, 0.1) is 41.6 Å². The number of nitrogens with one attached hydrogen (secondary N) is 1. The average Bonchev–Trinajstić information content (AvgIpc) is 3.05. The third-order valence-electron chi connectivity index (χ3n) is 6.41. The Hall–Kier alpha value is -2.54. The van der Waals surface area contributed by atoms with E-state index in [9.17, 15) is 31.5 Å². The van der Waals surface area contributed by atoms with Crippen molar-refractivity contribution in [2.24, 2.45) is 11.8 Å². The minimum absolute atomic E-state index is 0.0809. The van der Waals surface area contributed by atoms with Gasteiger partial charge in [-0.05, 0) is 55.7 Å². The lowest BCUT2D eigenvalue weighted by atomic mass is 9.78. The van der Waals surface area contributed by atoms with Gasteiger partial charge < -0.3 is 10.4 Å². The number of benzene rings is 2. The summed E-state index contributed by atoms with van der Waals surface area (Å²) < 4.78 is 67.1. The molecule has 0 radical (unpaired) electrons. The number of hydrogen-bond donors (Lipinski definition) is 2. The summed E-state index contributed by atoms with van der Waals surface area (Å²) in [5.74, 6) is -3.84. The van der Waals surface area contributed by atoms with E-state index in [1.165, 1.54) is 12.1 Å². The van der Waals surface area contributed by atoms with Gasteiger partial charge in [-0.1, -0.05) is 17.5 Å². The molecule has 0 aromatic heterocycles. The number of carbonyl (C=O) groups is 1. The summed E-state index contributed by atoms with van der Waals surface area (Å²) >= 11 is 6.19. The van der Waals surface area contributed by atoms with Crippen LogP contribution >= 0.6 is 11.6 Å². The molecule has 174 valence electrons. The summed E-state index contributed by atoms with van der Waals surface area (Å²) in [5, 5.41) is 11.8. The second-order valence-electron chi connectivity index (χ2n) is 8.54. The van der Waals surface area contributed by atoms with Crippen LogP contribution in [0.15, 0.2) is 35.2 Å². The van der Waals surface area contributed by atoms with Crippen LogP contribution in [-0.2, 0) is 9.84 Å². The van der Waals surface area contributed by atoms with Crippen molar-refractivity contribution in [1.29, 1.82) is 0 Å². The molecule has 2 saturated carbocycles. The lowest BCUT2D eigenvalue weighted by molar-refractivity contribution is 0.0342. The molecular formula is C23H19ClF3NO4S. The molecule has 1 unspecified atom stereocenters. The third kappa shape index (κ3) is 4.23. The maximum Gasteiger partial charge on any atom is 0.255 e. The molecule has 2 aromatic carbocycles. The lowest BCUT2D eigenvalue weighted by Gasteiger charge is -2.38. The molecule has 10 heteroatoms. The Balaban J connectivity index is 1.64. The summed E-state index contributed by atoms with van der Waals surface area (Å²) in [6, 6.07) is 4.83. The highest BCUT2D eigenvalue weighted by atomic mass is 35.5. The van der Waals surface area contributed by atoms with Crippen molar-refractivity contribution in [3.8, 4) is 12.3 Å². The molecule has 5 nitrogen and oxygen atoms in total. The number of hydrogen-bond acceptors (Lipinski definition) is 4. The van der Waals surface area contributed by atoms with Crippen LogP contribution in [0.25, 0.3) is 0 Å². The molecule has 2 fully saturated rings. The molecule has 0 heterocycles. The standard InChI is InChI=1S/C23H19ClF3NO4S/c1-2-23(30)10-13-3-4-14(11-23)21(13)33(31,32)19-7-12(5-6-16(19)24)22(29)28-15-8-17(25)20(27)18(26)9-15/h1,5-9,13-14,21,30H,3-4,10-11H2,(H,28,29)/t13-,14?,21+,23+/m0/s1. The summed E-state index contributed by atoms with van der Waals surface area (Å²) in [6.45, 7) is 0. The van der Waals surface area contributed by atoms with Crippen LogP contribution in [0.4, 0.5) is 18.9 Å². The van der Waals surface area contributed by atoms with Gasteiger partial charge in [-0.3, -0.25) is 4.79 Å². The van der Waals surface area contributed by atoms with Gasteiger partial charge in [0.25, 0.3) is 5.91 Å². The third-order valence-corrected chi connectivity index (χ3v) is 9.28. The largest absolute Gasteiger partial charge is 0.378 e. The molecule has 2 N–H and O–H groups in total. The molecule has 0 saturated heterocycles. The monoisotopic (exact) mass is 497 g/mol. The van der Waals surface area contributed by atoms with Gasteiger partial charge in [-0.2, -0.15) is 0 Å². The normalized spacial score (nSPS) is 26.6. The second-order valence-corrected chi connectivity index (χ2v) is 11.0. The number of amides is 1. The van der Waals surface area contributed by atoms with Gasteiger partial charge in [0, 0.05) is 23.4 Å². The molecule has 2 bridgehead atoms. The molecule has 0 spiro atoms. The van der Waals surface area contributed by atoms with E-state index in [0.29, 0.717) is 25.0 Å². The van der Waals surface area contributed by atoms with E-state index in [2.05, 4.69) is 11.2 Å². The molecule has 33 heavy (non-hydrogen) atoms. The van der Waals surface area contributed by atoms with Crippen molar-refractivity contribution in [2.45, 2.75) is 41.4 Å². The molecule has 2 aromatic rings. The smallest absolute Gasteiger partial charge is 0.255 e. The zero-order chi connectivity index (χ0) is 24.1. The highest BCUT2D eigenvalue weighted by Crippen LogP contribution is 2.51. The SMILES string of the molecule is C#C[C@]1(O)CC2CC[C@@H](C1)[C@H]2S(=O)(=O)c1cc(C(=O)Nc2cc(F)c(F)c(F)c2)ccc1Cl. The van der Waals surface area contributed by atoms with Gasteiger partial charge >= 0.3 is 0 Å². The first-order valence-electron chi connectivity index (χ1n) is 10.1. The first kappa shape index (κ1) is 23.6. The predicted octanol–water partition coefficient (Wildman–Crippen LogP) is 4.34. The molecule has 4 atom stereocenters. The van der Waals surface area contributed by atoms with Gasteiger partial charge in [-0.15, -0.1) is 6.42 Å². The number of carbonyl (C=O) groups excluding carboxylic acids is 1. The summed E-state index contributed by atoms with van der Waals surface area (Å²) in [5.41, 5.74) is -1.80. The zero-order valence-corrected chi connectivity index (χ0v) is 18.7. The van der Waals surface area contributed by atoms with Gasteiger partial charge in [0.2, 0.25) is 0 Å². The molecule has 2 aliphatic carbocycles. The highest BCUT2D eigenvalue weighted by molar-refractivity contribution is 7.92. The Kier molecular flexibility index (Phi) is 5.97.